The number of ether oxygens (including phenoxy) is 3. The highest BCUT2D eigenvalue weighted by molar-refractivity contribution is 5.71. The highest BCUT2D eigenvalue weighted by Crippen LogP contribution is 2.14. The number of carbonyl (C=O) groups excluding carboxylic acids is 3. The van der Waals surface area contributed by atoms with Crippen LogP contribution in [0, 0.1) is 0 Å². The van der Waals surface area contributed by atoms with Crippen LogP contribution in [-0.4, -0.2) is 37.2 Å². The summed E-state index contributed by atoms with van der Waals surface area (Å²) in [5.41, 5.74) is 0. The molecule has 1 atom stereocenters. The van der Waals surface area contributed by atoms with Gasteiger partial charge in [0.25, 0.3) is 0 Å². The lowest BCUT2D eigenvalue weighted by atomic mass is 10.1. The van der Waals surface area contributed by atoms with Gasteiger partial charge in [0.1, 0.15) is 13.2 Å². The smallest absolute Gasteiger partial charge is 0.306 e. The minimum absolute atomic E-state index is 0.109. The predicted molar refractivity (Wildman–Crippen MR) is 361 cm³/mol. The van der Waals surface area contributed by atoms with Crippen molar-refractivity contribution in [1.29, 1.82) is 0 Å². The van der Waals surface area contributed by atoms with Gasteiger partial charge in [-0.2, -0.15) is 0 Å². The predicted octanol–water partition coefficient (Wildman–Crippen LogP) is 23.4. The molecular formula is C77H122O6. The molecule has 0 aromatic rings. The first-order valence-corrected chi connectivity index (χ1v) is 33.6. The van der Waals surface area contributed by atoms with Crippen molar-refractivity contribution >= 4 is 17.9 Å². The fraction of sp³-hybridized carbons (Fsp3) is 0.597. The molecular weight excluding hydrogens is 1020 g/mol. The largest absolute Gasteiger partial charge is 0.462 e. The Hall–Kier alpha value is -5.23. The SMILES string of the molecule is CC/C=C\C/C=C\C/C=C\C/C=C\C/C=C\C/C=C\C/C=C\C/C=C\CCCCCCC(=O)OCC(COC(=O)CCCCCCCCC/C=C\CCCCCCCC)OC(=O)CCCCC/C=C\C/C=C\C/C=C\C/C=C\C/C=C\CC. The van der Waals surface area contributed by atoms with Gasteiger partial charge in [0, 0.05) is 19.3 Å². The van der Waals surface area contributed by atoms with Gasteiger partial charge in [-0.1, -0.05) is 274 Å². The van der Waals surface area contributed by atoms with Crippen molar-refractivity contribution in [3.05, 3.63) is 170 Å². The van der Waals surface area contributed by atoms with Crippen LogP contribution in [0.25, 0.3) is 0 Å². The molecule has 83 heavy (non-hydrogen) atoms. The van der Waals surface area contributed by atoms with E-state index in [0.717, 1.165) is 154 Å². The standard InChI is InChI=1S/C77H122O6/c1-4-7-10-13-16-19-22-25-28-31-33-34-35-36-37-38-39-40-41-42-44-46-49-52-55-58-61-64-67-70-76(79)82-73-74(72-81-75(78)69-66-63-60-57-54-51-48-45-30-27-24-21-18-15-12-9-6-3)83-77(80)71-68-65-62-59-56-53-50-47-43-32-29-26-23-20-17-14-11-8-5-2/h7-8,10-11,16-17,19-20,25-30,33-34,36-37,39-40,42-44,47,49,52-53,56,74H,4-6,9,12-15,18,21-24,31-32,35,38,41,45-46,48,50-51,54-55,57-73H2,1-3H3/b10-7-,11-8-,19-16-,20-17-,28-25-,29-26-,30-27-,34-33-,37-36-,40-39-,44-42-,47-43-,52-49-,56-53-. The Kier molecular flexibility index (Phi) is 64.9. The molecule has 1 unspecified atom stereocenters. The second kappa shape index (κ2) is 69.3. The molecule has 0 amide bonds. The number of hydrogen-bond acceptors (Lipinski definition) is 6. The third kappa shape index (κ3) is 67.4. The lowest BCUT2D eigenvalue weighted by Crippen LogP contribution is -2.30. The van der Waals surface area contributed by atoms with E-state index < -0.39 is 6.10 Å². The van der Waals surface area contributed by atoms with Crippen LogP contribution in [0.2, 0.25) is 0 Å². The zero-order valence-electron chi connectivity index (χ0n) is 53.4. The third-order valence-corrected chi connectivity index (χ3v) is 13.7. The highest BCUT2D eigenvalue weighted by atomic mass is 16.6. The van der Waals surface area contributed by atoms with Gasteiger partial charge in [0.2, 0.25) is 0 Å². The van der Waals surface area contributed by atoms with E-state index in [1.807, 2.05) is 0 Å². The van der Waals surface area contributed by atoms with Crippen LogP contribution in [0.5, 0.6) is 0 Å². The molecule has 0 fully saturated rings. The fourth-order valence-corrected chi connectivity index (χ4v) is 8.71. The topological polar surface area (TPSA) is 78.9 Å². The van der Waals surface area contributed by atoms with E-state index in [4.69, 9.17) is 14.2 Å². The first kappa shape index (κ1) is 77.8. The molecule has 0 heterocycles. The van der Waals surface area contributed by atoms with Crippen molar-refractivity contribution in [2.24, 2.45) is 0 Å². The first-order valence-electron chi connectivity index (χ1n) is 33.6. The van der Waals surface area contributed by atoms with Gasteiger partial charge in [-0.05, 0) is 154 Å². The summed E-state index contributed by atoms with van der Waals surface area (Å²) in [6, 6.07) is 0. The van der Waals surface area contributed by atoms with Crippen LogP contribution in [0.4, 0.5) is 0 Å². The summed E-state index contributed by atoms with van der Waals surface area (Å²) in [6.45, 7) is 6.36. The molecule has 0 saturated carbocycles. The van der Waals surface area contributed by atoms with E-state index in [1.165, 1.54) is 77.0 Å². The lowest BCUT2D eigenvalue weighted by Gasteiger charge is -2.18. The van der Waals surface area contributed by atoms with Gasteiger partial charge in [-0.15, -0.1) is 0 Å². The average molecular weight is 1140 g/mol. The summed E-state index contributed by atoms with van der Waals surface area (Å²) < 4.78 is 16.9. The minimum Gasteiger partial charge on any atom is -0.462 e. The Bertz CT molecular complexity index is 1890. The Labute approximate surface area is 511 Å². The van der Waals surface area contributed by atoms with Crippen molar-refractivity contribution in [1.82, 2.24) is 0 Å². The van der Waals surface area contributed by atoms with Crippen molar-refractivity contribution in [3.8, 4) is 0 Å². The molecule has 0 aliphatic rings. The molecule has 0 aliphatic heterocycles. The molecule has 6 heteroatoms. The van der Waals surface area contributed by atoms with Crippen LogP contribution >= 0.6 is 0 Å². The van der Waals surface area contributed by atoms with E-state index >= 15 is 0 Å². The monoisotopic (exact) mass is 1140 g/mol. The molecule has 0 N–H and O–H groups in total. The average Bonchev–Trinajstić information content (AvgIpc) is 3.49. The van der Waals surface area contributed by atoms with Crippen LogP contribution in [0.3, 0.4) is 0 Å². The maximum atomic E-state index is 12.9. The number of unbranched alkanes of at least 4 members (excludes halogenated alkanes) is 20. The molecule has 0 aliphatic carbocycles. The molecule has 466 valence electrons. The van der Waals surface area contributed by atoms with Crippen molar-refractivity contribution in [3.63, 3.8) is 0 Å². The zero-order chi connectivity index (χ0) is 59.9. The zero-order valence-corrected chi connectivity index (χ0v) is 53.4. The Balaban J connectivity index is 4.50. The Morgan fingerprint density at radius 2 is 0.470 bits per heavy atom. The quantitative estimate of drug-likeness (QED) is 0.0261. The molecule has 0 radical (unpaired) electrons. The minimum atomic E-state index is -0.819. The van der Waals surface area contributed by atoms with E-state index in [2.05, 4.69) is 191 Å². The Morgan fingerprint density at radius 1 is 0.253 bits per heavy atom. The number of hydrogen-bond donors (Lipinski definition) is 0. The molecule has 6 nitrogen and oxygen atoms in total. The van der Waals surface area contributed by atoms with Gasteiger partial charge >= 0.3 is 17.9 Å². The van der Waals surface area contributed by atoms with Crippen LogP contribution in [0.1, 0.15) is 278 Å². The summed E-state index contributed by atoms with van der Waals surface area (Å²) in [5.74, 6) is -0.974. The summed E-state index contributed by atoms with van der Waals surface area (Å²) in [6.07, 6.45) is 102. The summed E-state index contributed by atoms with van der Waals surface area (Å²) in [7, 11) is 0. The fourth-order valence-electron chi connectivity index (χ4n) is 8.71. The second-order valence-electron chi connectivity index (χ2n) is 21.6. The highest BCUT2D eigenvalue weighted by Gasteiger charge is 2.19. The van der Waals surface area contributed by atoms with E-state index in [1.54, 1.807) is 0 Å². The number of esters is 3. The molecule has 0 bridgehead atoms. The normalized spacial score (nSPS) is 13.2. The van der Waals surface area contributed by atoms with Gasteiger partial charge in [-0.25, -0.2) is 0 Å². The van der Waals surface area contributed by atoms with Gasteiger partial charge in [-0.3, -0.25) is 14.4 Å². The first-order chi connectivity index (χ1) is 41.0. The third-order valence-electron chi connectivity index (χ3n) is 13.7. The van der Waals surface area contributed by atoms with Crippen LogP contribution in [-0.2, 0) is 28.6 Å². The Morgan fingerprint density at radius 3 is 0.759 bits per heavy atom. The maximum absolute atomic E-state index is 12.9. The van der Waals surface area contributed by atoms with Gasteiger partial charge in [0.15, 0.2) is 6.10 Å². The summed E-state index contributed by atoms with van der Waals surface area (Å²) in [5, 5.41) is 0. The molecule has 0 spiro atoms. The molecule has 0 saturated heterocycles. The van der Waals surface area contributed by atoms with E-state index in [9.17, 15) is 14.4 Å². The second-order valence-corrected chi connectivity index (χ2v) is 21.6. The van der Waals surface area contributed by atoms with Crippen LogP contribution in [0.15, 0.2) is 170 Å². The summed E-state index contributed by atoms with van der Waals surface area (Å²) in [4.78, 5) is 38.4. The van der Waals surface area contributed by atoms with Crippen molar-refractivity contribution in [2.75, 3.05) is 13.2 Å². The van der Waals surface area contributed by atoms with Gasteiger partial charge < -0.3 is 14.2 Å². The van der Waals surface area contributed by atoms with Gasteiger partial charge in [0.05, 0.1) is 0 Å². The number of rotatable bonds is 59. The van der Waals surface area contributed by atoms with Crippen molar-refractivity contribution < 1.29 is 28.6 Å². The van der Waals surface area contributed by atoms with E-state index in [-0.39, 0.29) is 37.5 Å². The number of carbonyl (C=O) groups is 3. The maximum Gasteiger partial charge on any atom is 0.306 e. The van der Waals surface area contributed by atoms with Crippen molar-refractivity contribution in [2.45, 2.75) is 284 Å². The van der Waals surface area contributed by atoms with E-state index in [0.29, 0.717) is 19.3 Å². The number of allylic oxidation sites excluding steroid dienone is 28. The lowest BCUT2D eigenvalue weighted by molar-refractivity contribution is -0.167. The summed E-state index contributed by atoms with van der Waals surface area (Å²) >= 11 is 0. The molecule has 0 rings (SSSR count). The molecule has 0 aromatic carbocycles. The van der Waals surface area contributed by atoms with Crippen LogP contribution < -0.4 is 0 Å². The molecule has 0 aromatic heterocycles.